The van der Waals surface area contributed by atoms with E-state index in [1.165, 1.54) is 36.2 Å². The summed E-state index contributed by atoms with van der Waals surface area (Å²) in [7, 11) is -3.06. The highest BCUT2D eigenvalue weighted by Gasteiger charge is 2.40. The average molecular weight is 317 g/mol. The number of rotatable bonds is 2. The van der Waals surface area contributed by atoms with Crippen LogP contribution in [0.1, 0.15) is 25.7 Å². The topological polar surface area (TPSA) is 52.7 Å². The van der Waals surface area contributed by atoms with E-state index in [2.05, 4.69) is 10.2 Å². The van der Waals surface area contributed by atoms with Crippen molar-refractivity contribution in [1.82, 2.24) is 14.5 Å². The minimum Gasteiger partial charge on any atom is -0.360 e. The molecule has 0 aromatic heterocycles. The molecule has 0 unspecified atom stereocenters. The third-order valence-corrected chi connectivity index (χ3v) is 6.72. The van der Waals surface area contributed by atoms with Crippen LogP contribution in [0.15, 0.2) is 0 Å². The van der Waals surface area contributed by atoms with Crippen molar-refractivity contribution in [3.05, 3.63) is 0 Å². The van der Waals surface area contributed by atoms with Gasteiger partial charge >= 0.3 is 0 Å². The van der Waals surface area contributed by atoms with Crippen molar-refractivity contribution in [2.45, 2.75) is 31.7 Å². The molecule has 3 aliphatic rings. The van der Waals surface area contributed by atoms with Crippen LogP contribution in [0, 0.1) is 11.8 Å². The molecule has 3 atom stereocenters. The lowest BCUT2D eigenvalue weighted by Gasteiger charge is -2.36. The number of hydrogen-bond donors (Lipinski definition) is 1. The Bertz CT molecular complexity index is 486. The number of piperazine rings is 1. The molecule has 1 N–H and O–H groups in total. The first-order valence-electron chi connectivity index (χ1n) is 7.44. The normalized spacial score (nSPS) is 34.5. The second-order valence-electron chi connectivity index (χ2n) is 6.38. The summed E-state index contributed by atoms with van der Waals surface area (Å²) >= 11 is 5.51. The molecule has 7 heteroatoms. The zero-order valence-electron chi connectivity index (χ0n) is 11.9. The van der Waals surface area contributed by atoms with Crippen molar-refractivity contribution in [2.24, 2.45) is 11.8 Å². The molecule has 20 heavy (non-hydrogen) atoms. The van der Waals surface area contributed by atoms with Crippen LogP contribution in [0.25, 0.3) is 0 Å². The molecule has 5 nitrogen and oxygen atoms in total. The Morgan fingerprint density at radius 1 is 1.15 bits per heavy atom. The Morgan fingerprint density at radius 2 is 1.85 bits per heavy atom. The summed E-state index contributed by atoms with van der Waals surface area (Å²) in [6, 6.07) is 0.550. The molecule has 1 saturated heterocycles. The van der Waals surface area contributed by atoms with Crippen molar-refractivity contribution < 1.29 is 8.42 Å². The number of nitrogens with zero attached hydrogens (tertiary/aromatic N) is 2. The van der Waals surface area contributed by atoms with Gasteiger partial charge in [-0.1, -0.05) is 6.42 Å². The first-order chi connectivity index (χ1) is 9.43. The fourth-order valence-corrected chi connectivity index (χ4v) is 5.05. The third kappa shape index (κ3) is 2.94. The van der Waals surface area contributed by atoms with Crippen LogP contribution in [0.5, 0.6) is 0 Å². The van der Waals surface area contributed by atoms with Crippen LogP contribution in [0.3, 0.4) is 0 Å². The van der Waals surface area contributed by atoms with Crippen molar-refractivity contribution >= 4 is 27.4 Å². The van der Waals surface area contributed by atoms with E-state index in [9.17, 15) is 8.42 Å². The summed E-state index contributed by atoms with van der Waals surface area (Å²) in [5.74, 6) is 1.71. The minimum atomic E-state index is -3.06. The van der Waals surface area contributed by atoms with Gasteiger partial charge in [0.25, 0.3) is 0 Å². The van der Waals surface area contributed by atoms with Gasteiger partial charge in [0.15, 0.2) is 5.11 Å². The Labute approximate surface area is 126 Å². The van der Waals surface area contributed by atoms with Gasteiger partial charge in [0, 0.05) is 32.2 Å². The number of nitrogens with one attached hydrogen (secondary N) is 1. The quantitative estimate of drug-likeness (QED) is 0.757. The predicted octanol–water partition coefficient (Wildman–Crippen LogP) is 0.627. The minimum absolute atomic E-state index is 0.539. The molecule has 1 heterocycles. The summed E-state index contributed by atoms with van der Waals surface area (Å²) in [6.07, 6.45) is 6.63. The average Bonchev–Trinajstić information content (AvgIpc) is 3.00. The molecular weight excluding hydrogens is 294 g/mol. The summed E-state index contributed by atoms with van der Waals surface area (Å²) in [4.78, 5) is 2.11. The van der Waals surface area contributed by atoms with Crippen molar-refractivity contribution in [3.8, 4) is 0 Å². The highest BCUT2D eigenvalue weighted by molar-refractivity contribution is 7.88. The van der Waals surface area contributed by atoms with Gasteiger partial charge in [-0.15, -0.1) is 0 Å². The summed E-state index contributed by atoms with van der Waals surface area (Å²) in [5.41, 5.74) is 0. The van der Waals surface area contributed by atoms with Crippen LogP contribution in [0.2, 0.25) is 0 Å². The van der Waals surface area contributed by atoms with E-state index in [0.29, 0.717) is 32.2 Å². The highest BCUT2D eigenvalue weighted by atomic mass is 32.2. The lowest BCUT2D eigenvalue weighted by Crippen LogP contribution is -2.54. The van der Waals surface area contributed by atoms with Gasteiger partial charge in [0.05, 0.1) is 6.26 Å². The second kappa shape index (κ2) is 5.42. The molecule has 1 aliphatic heterocycles. The van der Waals surface area contributed by atoms with Gasteiger partial charge in [0.1, 0.15) is 0 Å². The van der Waals surface area contributed by atoms with Crippen LogP contribution in [0.4, 0.5) is 0 Å². The molecule has 2 bridgehead atoms. The van der Waals surface area contributed by atoms with Gasteiger partial charge in [-0.05, 0) is 43.3 Å². The molecule has 0 aromatic rings. The van der Waals surface area contributed by atoms with Crippen LogP contribution >= 0.6 is 12.2 Å². The van der Waals surface area contributed by atoms with Gasteiger partial charge < -0.3 is 10.2 Å². The Kier molecular flexibility index (Phi) is 3.94. The Morgan fingerprint density at radius 3 is 2.35 bits per heavy atom. The van der Waals surface area contributed by atoms with E-state index in [4.69, 9.17) is 12.2 Å². The maximum Gasteiger partial charge on any atom is 0.211 e. The standard InChI is InChI=1S/C13H23N3O2S2/c1-20(17,18)16-6-4-15(5-7-16)13(19)14-12-9-10-2-3-11(12)8-10/h10-12H,2-9H2,1H3,(H,14,19)/t10-,11-,12+/m1/s1. The zero-order valence-corrected chi connectivity index (χ0v) is 13.5. The second-order valence-corrected chi connectivity index (χ2v) is 8.75. The van der Waals surface area contributed by atoms with Crippen LogP contribution < -0.4 is 5.32 Å². The molecule has 0 spiro atoms. The molecule has 114 valence electrons. The number of hydrogen-bond acceptors (Lipinski definition) is 3. The fourth-order valence-electron chi connectivity index (χ4n) is 3.89. The predicted molar refractivity (Wildman–Crippen MR) is 83.0 cm³/mol. The van der Waals surface area contributed by atoms with E-state index in [0.717, 1.165) is 16.9 Å². The lowest BCUT2D eigenvalue weighted by atomic mass is 9.95. The first kappa shape index (κ1) is 14.5. The monoisotopic (exact) mass is 317 g/mol. The summed E-state index contributed by atoms with van der Waals surface area (Å²) in [6.45, 7) is 2.47. The Hall–Kier alpha value is -0.400. The largest absolute Gasteiger partial charge is 0.360 e. The maximum absolute atomic E-state index is 11.5. The SMILES string of the molecule is CS(=O)(=O)N1CCN(C(=S)N[C@H]2C[C@@H]3CC[C@@H]2C3)CC1. The smallest absolute Gasteiger partial charge is 0.211 e. The van der Waals surface area contributed by atoms with E-state index in [1.54, 1.807) is 0 Å². The Balaban J connectivity index is 1.50. The number of sulfonamides is 1. The molecule has 3 rings (SSSR count). The van der Waals surface area contributed by atoms with Crippen LogP contribution in [-0.4, -0.2) is 61.2 Å². The first-order valence-corrected chi connectivity index (χ1v) is 9.69. The van der Waals surface area contributed by atoms with Gasteiger partial charge in [0.2, 0.25) is 10.0 Å². The maximum atomic E-state index is 11.5. The summed E-state index contributed by atoms with van der Waals surface area (Å²) in [5, 5.41) is 4.34. The van der Waals surface area contributed by atoms with Crippen molar-refractivity contribution in [2.75, 3.05) is 32.4 Å². The van der Waals surface area contributed by atoms with Crippen molar-refractivity contribution in [1.29, 1.82) is 0 Å². The molecular formula is C13H23N3O2S2. The van der Waals surface area contributed by atoms with Gasteiger partial charge in [-0.2, -0.15) is 4.31 Å². The highest BCUT2D eigenvalue weighted by Crippen LogP contribution is 2.44. The molecule has 0 aromatic carbocycles. The number of thiocarbonyl (C=S) groups is 1. The zero-order chi connectivity index (χ0) is 14.3. The van der Waals surface area contributed by atoms with Gasteiger partial charge in [-0.25, -0.2) is 8.42 Å². The molecule has 3 fully saturated rings. The van der Waals surface area contributed by atoms with E-state index >= 15 is 0 Å². The van der Waals surface area contributed by atoms with Crippen molar-refractivity contribution in [3.63, 3.8) is 0 Å². The lowest BCUT2D eigenvalue weighted by molar-refractivity contribution is 0.259. The van der Waals surface area contributed by atoms with E-state index in [-0.39, 0.29) is 0 Å². The molecule has 2 saturated carbocycles. The van der Waals surface area contributed by atoms with E-state index < -0.39 is 10.0 Å². The number of fused-ring (bicyclic) bond motifs is 2. The van der Waals surface area contributed by atoms with Gasteiger partial charge in [-0.3, -0.25) is 0 Å². The molecule has 0 radical (unpaired) electrons. The summed E-state index contributed by atoms with van der Waals surface area (Å²) < 4.78 is 24.5. The fraction of sp³-hybridized carbons (Fsp3) is 0.923. The van der Waals surface area contributed by atoms with E-state index in [1.807, 2.05) is 0 Å². The molecule has 0 amide bonds. The van der Waals surface area contributed by atoms with Crippen LogP contribution in [-0.2, 0) is 10.0 Å². The molecule has 2 aliphatic carbocycles. The third-order valence-electron chi connectivity index (χ3n) is 5.04.